The summed E-state index contributed by atoms with van der Waals surface area (Å²) in [5.41, 5.74) is 0.450. The average molecular weight is 462 g/mol. The molecule has 2 rings (SSSR count). The third kappa shape index (κ3) is 3.17. The van der Waals surface area contributed by atoms with Crippen molar-refractivity contribution in [3.8, 4) is 23.3 Å². The molecule has 102 valence electrons. The van der Waals surface area contributed by atoms with Crippen molar-refractivity contribution in [3.05, 3.63) is 49.3 Å². The summed E-state index contributed by atoms with van der Waals surface area (Å²) >= 11 is 10.2. The molecular formula is C14H8Br3NO2. The molecule has 0 amide bonds. The lowest BCUT2D eigenvalue weighted by Gasteiger charge is -2.12. The van der Waals surface area contributed by atoms with E-state index < -0.39 is 0 Å². The minimum Gasteiger partial charge on any atom is -0.496 e. The smallest absolute Gasteiger partial charge is 0.146 e. The molecule has 2 aromatic rings. The topological polar surface area (TPSA) is 42.2 Å². The van der Waals surface area contributed by atoms with Gasteiger partial charge >= 0.3 is 0 Å². The molecule has 0 aliphatic rings. The standard InChI is InChI=1S/C14H8Br3NO2/c1-19-13-5-11(17)14(6-10(13)16)20-12-4-2-3-9(15)8(12)7-18/h2-6H,1H3. The van der Waals surface area contributed by atoms with E-state index >= 15 is 0 Å². The first-order valence-electron chi connectivity index (χ1n) is 5.46. The van der Waals surface area contributed by atoms with Gasteiger partial charge in [0.2, 0.25) is 0 Å². The van der Waals surface area contributed by atoms with E-state index in [1.54, 1.807) is 31.4 Å². The molecule has 0 N–H and O–H groups in total. The van der Waals surface area contributed by atoms with Crippen molar-refractivity contribution < 1.29 is 9.47 Å². The number of benzene rings is 2. The van der Waals surface area contributed by atoms with Crippen molar-refractivity contribution in [2.45, 2.75) is 0 Å². The molecule has 0 radical (unpaired) electrons. The van der Waals surface area contributed by atoms with Crippen LogP contribution in [0.1, 0.15) is 5.56 Å². The lowest BCUT2D eigenvalue weighted by molar-refractivity contribution is 0.409. The lowest BCUT2D eigenvalue weighted by atomic mass is 10.2. The molecule has 0 spiro atoms. The maximum Gasteiger partial charge on any atom is 0.146 e. The van der Waals surface area contributed by atoms with E-state index in [0.717, 1.165) is 8.95 Å². The minimum atomic E-state index is 0.450. The van der Waals surface area contributed by atoms with E-state index in [0.29, 0.717) is 27.3 Å². The van der Waals surface area contributed by atoms with Gasteiger partial charge in [-0.1, -0.05) is 6.07 Å². The van der Waals surface area contributed by atoms with Gasteiger partial charge in [-0.05, 0) is 72.1 Å². The van der Waals surface area contributed by atoms with E-state index in [9.17, 15) is 5.26 Å². The van der Waals surface area contributed by atoms with Gasteiger partial charge in [0, 0.05) is 4.47 Å². The third-order valence-electron chi connectivity index (χ3n) is 2.51. The number of nitrogens with zero attached hydrogens (tertiary/aromatic N) is 1. The summed E-state index contributed by atoms with van der Waals surface area (Å²) in [6, 6.07) is 11.0. The summed E-state index contributed by atoms with van der Waals surface area (Å²) in [7, 11) is 1.59. The minimum absolute atomic E-state index is 0.450. The number of hydrogen-bond donors (Lipinski definition) is 0. The van der Waals surface area contributed by atoms with Gasteiger partial charge in [-0.25, -0.2) is 0 Å². The van der Waals surface area contributed by atoms with Gasteiger partial charge < -0.3 is 9.47 Å². The van der Waals surface area contributed by atoms with Crippen molar-refractivity contribution in [3.63, 3.8) is 0 Å². The second kappa shape index (κ2) is 6.61. The SMILES string of the molecule is COc1cc(Br)c(Oc2cccc(Br)c2C#N)cc1Br. The number of ether oxygens (including phenoxy) is 2. The highest BCUT2D eigenvalue weighted by Crippen LogP contribution is 2.39. The van der Waals surface area contributed by atoms with Crippen molar-refractivity contribution in [1.29, 1.82) is 5.26 Å². The van der Waals surface area contributed by atoms with Crippen molar-refractivity contribution in [1.82, 2.24) is 0 Å². The fraction of sp³-hybridized carbons (Fsp3) is 0.0714. The predicted molar refractivity (Wildman–Crippen MR) is 87.3 cm³/mol. The van der Waals surface area contributed by atoms with Gasteiger partial charge in [-0.3, -0.25) is 0 Å². The van der Waals surface area contributed by atoms with Crippen molar-refractivity contribution in [2.75, 3.05) is 7.11 Å². The molecule has 20 heavy (non-hydrogen) atoms. The molecule has 0 atom stereocenters. The Morgan fingerprint density at radius 2 is 1.60 bits per heavy atom. The van der Waals surface area contributed by atoms with Crippen LogP contribution in [0.15, 0.2) is 43.7 Å². The number of methoxy groups -OCH3 is 1. The quantitative estimate of drug-likeness (QED) is 0.593. The first-order chi connectivity index (χ1) is 9.56. The molecule has 0 unspecified atom stereocenters. The summed E-state index contributed by atoms with van der Waals surface area (Å²) in [6.45, 7) is 0. The molecule has 0 aromatic heterocycles. The summed E-state index contributed by atoms with van der Waals surface area (Å²) in [5.74, 6) is 1.77. The highest BCUT2D eigenvalue weighted by molar-refractivity contribution is 9.11. The Kier molecular flexibility index (Phi) is 5.08. The fourth-order valence-electron chi connectivity index (χ4n) is 1.56. The first kappa shape index (κ1) is 15.4. The molecule has 3 nitrogen and oxygen atoms in total. The van der Waals surface area contributed by atoms with Crippen LogP contribution in [0.4, 0.5) is 0 Å². The van der Waals surface area contributed by atoms with Gasteiger partial charge in [-0.15, -0.1) is 0 Å². The molecule has 0 saturated carbocycles. The molecular weight excluding hydrogens is 454 g/mol. The number of hydrogen-bond acceptors (Lipinski definition) is 3. The summed E-state index contributed by atoms with van der Waals surface area (Å²) in [4.78, 5) is 0. The van der Waals surface area contributed by atoms with E-state index in [2.05, 4.69) is 53.9 Å². The number of rotatable bonds is 3. The lowest BCUT2D eigenvalue weighted by Crippen LogP contribution is -1.92. The van der Waals surface area contributed by atoms with E-state index in [1.807, 2.05) is 6.07 Å². The zero-order valence-electron chi connectivity index (χ0n) is 10.3. The van der Waals surface area contributed by atoms with Crippen LogP contribution in [0.2, 0.25) is 0 Å². The second-order valence-electron chi connectivity index (χ2n) is 3.74. The van der Waals surface area contributed by atoms with Crippen LogP contribution in [-0.2, 0) is 0 Å². The monoisotopic (exact) mass is 459 g/mol. The van der Waals surface area contributed by atoms with Crippen LogP contribution in [-0.4, -0.2) is 7.11 Å². The maximum absolute atomic E-state index is 9.18. The van der Waals surface area contributed by atoms with Crippen LogP contribution < -0.4 is 9.47 Å². The Bertz CT molecular complexity index is 696. The van der Waals surface area contributed by atoms with E-state index in [-0.39, 0.29) is 0 Å². The number of nitriles is 1. The van der Waals surface area contributed by atoms with Gasteiger partial charge in [0.15, 0.2) is 0 Å². The van der Waals surface area contributed by atoms with Gasteiger partial charge in [-0.2, -0.15) is 5.26 Å². The molecule has 0 aliphatic heterocycles. The molecule has 0 aliphatic carbocycles. The van der Waals surface area contributed by atoms with Gasteiger partial charge in [0.1, 0.15) is 28.9 Å². The van der Waals surface area contributed by atoms with Crippen molar-refractivity contribution >= 4 is 47.8 Å². The average Bonchev–Trinajstić information content (AvgIpc) is 2.42. The molecule has 0 saturated heterocycles. The van der Waals surface area contributed by atoms with Crippen molar-refractivity contribution in [2.24, 2.45) is 0 Å². The summed E-state index contributed by atoms with van der Waals surface area (Å²) < 4.78 is 13.2. The Morgan fingerprint density at radius 1 is 0.950 bits per heavy atom. The summed E-state index contributed by atoms with van der Waals surface area (Å²) in [6.07, 6.45) is 0. The van der Waals surface area contributed by atoms with Gasteiger partial charge in [0.05, 0.1) is 16.1 Å². The Labute approximate surface area is 141 Å². The normalized spacial score (nSPS) is 9.95. The third-order valence-corrected chi connectivity index (χ3v) is 4.41. The Hall–Kier alpha value is -1.03. The van der Waals surface area contributed by atoms with Crippen LogP contribution in [0, 0.1) is 11.3 Å². The molecule has 2 aromatic carbocycles. The summed E-state index contributed by atoms with van der Waals surface area (Å²) in [5, 5.41) is 9.18. The maximum atomic E-state index is 9.18. The van der Waals surface area contributed by atoms with E-state index in [4.69, 9.17) is 9.47 Å². The molecule has 0 heterocycles. The van der Waals surface area contributed by atoms with Crippen LogP contribution in [0.5, 0.6) is 17.2 Å². The van der Waals surface area contributed by atoms with Crippen LogP contribution in [0.3, 0.4) is 0 Å². The molecule has 0 bridgehead atoms. The highest BCUT2D eigenvalue weighted by Gasteiger charge is 2.12. The Balaban J connectivity index is 2.44. The molecule has 6 heteroatoms. The highest BCUT2D eigenvalue weighted by atomic mass is 79.9. The molecule has 0 fully saturated rings. The van der Waals surface area contributed by atoms with E-state index in [1.165, 1.54) is 0 Å². The first-order valence-corrected chi connectivity index (χ1v) is 7.84. The predicted octanol–water partition coefficient (Wildman–Crippen LogP) is 5.65. The zero-order chi connectivity index (χ0) is 14.7. The second-order valence-corrected chi connectivity index (χ2v) is 6.31. The van der Waals surface area contributed by atoms with Crippen LogP contribution >= 0.6 is 47.8 Å². The fourth-order valence-corrected chi connectivity index (χ4v) is 2.89. The van der Waals surface area contributed by atoms with Gasteiger partial charge in [0.25, 0.3) is 0 Å². The largest absolute Gasteiger partial charge is 0.496 e. The zero-order valence-corrected chi connectivity index (χ0v) is 15.0. The Morgan fingerprint density at radius 3 is 2.25 bits per heavy atom. The number of halogens is 3. The van der Waals surface area contributed by atoms with Crippen LogP contribution in [0.25, 0.3) is 0 Å².